The molecule has 0 radical (unpaired) electrons. The molecule has 1 heterocycles. The van der Waals surface area contributed by atoms with Gasteiger partial charge in [-0.25, -0.2) is 0 Å². The van der Waals surface area contributed by atoms with Crippen LogP contribution in [0.1, 0.15) is 12.0 Å². The zero-order valence-electron chi connectivity index (χ0n) is 9.69. The van der Waals surface area contributed by atoms with Gasteiger partial charge in [0.15, 0.2) is 0 Å². The van der Waals surface area contributed by atoms with Crippen molar-refractivity contribution in [1.82, 2.24) is 5.32 Å². The Hall–Kier alpha value is -1.16. The minimum Gasteiger partial charge on any atom is -0.508 e. The highest BCUT2D eigenvalue weighted by Gasteiger charge is 2.16. The molecular weight excluding hydrogens is 234 g/mol. The van der Waals surface area contributed by atoms with Gasteiger partial charge in [0, 0.05) is 12.1 Å². The Labute approximate surface area is 106 Å². The summed E-state index contributed by atoms with van der Waals surface area (Å²) in [5, 5.41) is 12.5. The number of amides is 1. The van der Waals surface area contributed by atoms with E-state index in [0.717, 1.165) is 12.3 Å². The summed E-state index contributed by atoms with van der Waals surface area (Å²) in [5.74, 6) is 3.16. The topological polar surface area (TPSA) is 49.3 Å². The van der Waals surface area contributed by atoms with Gasteiger partial charge in [0.2, 0.25) is 5.91 Å². The monoisotopic (exact) mass is 251 g/mol. The lowest BCUT2D eigenvalue weighted by molar-refractivity contribution is -0.120. The fraction of sp³-hybridized carbons (Fsp3) is 0.462. The van der Waals surface area contributed by atoms with Crippen molar-refractivity contribution in [2.75, 3.05) is 18.1 Å². The molecule has 1 aromatic carbocycles. The molecule has 2 rings (SSSR count). The number of nitrogens with one attached hydrogen (secondary N) is 1. The lowest BCUT2D eigenvalue weighted by Crippen LogP contribution is -2.30. The highest BCUT2D eigenvalue weighted by Crippen LogP contribution is 2.22. The number of benzene rings is 1. The normalized spacial score (nSPS) is 19.2. The second-order valence-electron chi connectivity index (χ2n) is 4.34. The van der Waals surface area contributed by atoms with Crippen molar-refractivity contribution in [1.29, 1.82) is 0 Å². The molecule has 1 fully saturated rings. The fourth-order valence-corrected chi connectivity index (χ4v) is 3.18. The SMILES string of the molecule is O=C(Cc1ccccc1O)NCC1CCSC1. The van der Waals surface area contributed by atoms with E-state index >= 15 is 0 Å². The zero-order valence-corrected chi connectivity index (χ0v) is 10.5. The zero-order chi connectivity index (χ0) is 12.1. The first kappa shape index (κ1) is 12.3. The van der Waals surface area contributed by atoms with Crippen LogP contribution in [0, 0.1) is 5.92 Å². The molecule has 1 aliphatic heterocycles. The van der Waals surface area contributed by atoms with Crippen molar-refractivity contribution < 1.29 is 9.90 Å². The van der Waals surface area contributed by atoms with E-state index in [-0.39, 0.29) is 18.1 Å². The summed E-state index contributed by atoms with van der Waals surface area (Å²) < 4.78 is 0. The van der Waals surface area contributed by atoms with Gasteiger partial charge in [-0.1, -0.05) is 18.2 Å². The molecule has 17 heavy (non-hydrogen) atoms. The van der Waals surface area contributed by atoms with Gasteiger partial charge in [-0.05, 0) is 29.9 Å². The van der Waals surface area contributed by atoms with Crippen LogP contribution in [0.25, 0.3) is 0 Å². The van der Waals surface area contributed by atoms with Crippen LogP contribution in [-0.2, 0) is 11.2 Å². The van der Waals surface area contributed by atoms with Gasteiger partial charge < -0.3 is 10.4 Å². The van der Waals surface area contributed by atoms with Crippen LogP contribution in [0.5, 0.6) is 5.75 Å². The molecule has 3 nitrogen and oxygen atoms in total. The summed E-state index contributed by atoms with van der Waals surface area (Å²) >= 11 is 1.95. The number of carbonyl (C=O) groups is 1. The third-order valence-corrected chi connectivity index (χ3v) is 4.19. The predicted molar refractivity (Wildman–Crippen MR) is 70.3 cm³/mol. The number of rotatable bonds is 4. The summed E-state index contributed by atoms with van der Waals surface area (Å²) in [4.78, 5) is 11.7. The maximum Gasteiger partial charge on any atom is 0.224 e. The van der Waals surface area contributed by atoms with Crippen molar-refractivity contribution >= 4 is 17.7 Å². The van der Waals surface area contributed by atoms with Crippen molar-refractivity contribution in [3.8, 4) is 5.75 Å². The van der Waals surface area contributed by atoms with Gasteiger partial charge in [0.05, 0.1) is 6.42 Å². The van der Waals surface area contributed by atoms with Gasteiger partial charge in [-0.2, -0.15) is 11.8 Å². The lowest BCUT2D eigenvalue weighted by atomic mass is 10.1. The molecule has 1 unspecified atom stereocenters. The largest absolute Gasteiger partial charge is 0.508 e. The number of para-hydroxylation sites is 1. The average molecular weight is 251 g/mol. The predicted octanol–water partition coefficient (Wildman–Crippen LogP) is 1.80. The highest BCUT2D eigenvalue weighted by atomic mass is 32.2. The molecule has 1 amide bonds. The van der Waals surface area contributed by atoms with Gasteiger partial charge in [0.25, 0.3) is 0 Å². The third-order valence-electron chi connectivity index (χ3n) is 2.95. The minimum absolute atomic E-state index is 0.0107. The number of carbonyl (C=O) groups excluding carboxylic acids is 1. The van der Waals surface area contributed by atoms with E-state index in [1.54, 1.807) is 18.2 Å². The van der Waals surface area contributed by atoms with Gasteiger partial charge in [0.1, 0.15) is 5.75 Å². The molecule has 1 aromatic rings. The van der Waals surface area contributed by atoms with Crippen LogP contribution < -0.4 is 5.32 Å². The Morgan fingerprint density at radius 1 is 1.47 bits per heavy atom. The quantitative estimate of drug-likeness (QED) is 0.858. The van der Waals surface area contributed by atoms with Gasteiger partial charge in [-0.15, -0.1) is 0 Å². The number of hydrogen-bond acceptors (Lipinski definition) is 3. The van der Waals surface area contributed by atoms with Crippen molar-refractivity contribution in [3.63, 3.8) is 0 Å². The Morgan fingerprint density at radius 3 is 3.00 bits per heavy atom. The van der Waals surface area contributed by atoms with E-state index < -0.39 is 0 Å². The van der Waals surface area contributed by atoms with E-state index in [4.69, 9.17) is 0 Å². The Kier molecular flexibility index (Phi) is 4.31. The van der Waals surface area contributed by atoms with Crippen LogP contribution in [0.3, 0.4) is 0 Å². The molecular formula is C13H17NO2S. The summed E-state index contributed by atoms with van der Waals surface area (Å²) in [6, 6.07) is 6.97. The number of thioether (sulfide) groups is 1. The van der Waals surface area contributed by atoms with Gasteiger partial charge in [-0.3, -0.25) is 4.79 Å². The van der Waals surface area contributed by atoms with Crippen molar-refractivity contribution in [2.24, 2.45) is 5.92 Å². The molecule has 2 N–H and O–H groups in total. The van der Waals surface area contributed by atoms with E-state index in [0.29, 0.717) is 11.5 Å². The Balaban J connectivity index is 1.79. The molecule has 0 bridgehead atoms. The second kappa shape index (κ2) is 5.96. The van der Waals surface area contributed by atoms with Crippen LogP contribution in [0.4, 0.5) is 0 Å². The average Bonchev–Trinajstić information content (AvgIpc) is 2.82. The maximum atomic E-state index is 11.7. The second-order valence-corrected chi connectivity index (χ2v) is 5.49. The summed E-state index contributed by atoms with van der Waals surface area (Å²) in [5.41, 5.74) is 0.686. The van der Waals surface area contributed by atoms with Crippen LogP contribution >= 0.6 is 11.8 Å². The molecule has 92 valence electrons. The van der Waals surface area contributed by atoms with Gasteiger partial charge >= 0.3 is 0 Å². The summed E-state index contributed by atoms with van der Waals surface area (Å²) in [7, 11) is 0. The summed E-state index contributed by atoms with van der Waals surface area (Å²) in [6.07, 6.45) is 1.45. The lowest BCUT2D eigenvalue weighted by Gasteiger charge is -2.10. The summed E-state index contributed by atoms with van der Waals surface area (Å²) in [6.45, 7) is 0.763. The minimum atomic E-state index is -0.0107. The molecule has 1 aliphatic rings. The van der Waals surface area contributed by atoms with Crippen molar-refractivity contribution in [2.45, 2.75) is 12.8 Å². The Morgan fingerprint density at radius 2 is 2.29 bits per heavy atom. The highest BCUT2D eigenvalue weighted by molar-refractivity contribution is 7.99. The molecule has 1 saturated heterocycles. The third kappa shape index (κ3) is 3.66. The standard InChI is InChI=1S/C13H17NO2S/c15-12-4-2-1-3-11(12)7-13(16)14-8-10-5-6-17-9-10/h1-4,10,15H,5-9H2,(H,14,16). The van der Waals surface area contributed by atoms with Crippen molar-refractivity contribution in [3.05, 3.63) is 29.8 Å². The maximum absolute atomic E-state index is 11.7. The number of aromatic hydroxyl groups is 1. The first-order valence-electron chi connectivity index (χ1n) is 5.87. The molecule has 0 saturated carbocycles. The number of phenolic OH excluding ortho intramolecular Hbond substituents is 1. The first-order chi connectivity index (χ1) is 8.25. The number of phenols is 1. The van der Waals surface area contributed by atoms with E-state index in [2.05, 4.69) is 5.32 Å². The fourth-order valence-electron chi connectivity index (χ4n) is 1.90. The van der Waals surface area contributed by atoms with E-state index in [9.17, 15) is 9.90 Å². The van der Waals surface area contributed by atoms with E-state index in [1.165, 1.54) is 12.2 Å². The molecule has 0 aliphatic carbocycles. The van der Waals surface area contributed by atoms with E-state index in [1.807, 2.05) is 17.8 Å². The van der Waals surface area contributed by atoms with Crippen LogP contribution in [0.2, 0.25) is 0 Å². The smallest absolute Gasteiger partial charge is 0.224 e. The molecule has 4 heteroatoms. The molecule has 0 aromatic heterocycles. The first-order valence-corrected chi connectivity index (χ1v) is 7.02. The Bertz CT molecular complexity index is 389. The molecule has 0 spiro atoms. The number of hydrogen-bond donors (Lipinski definition) is 2. The van der Waals surface area contributed by atoms with Crippen LogP contribution in [0.15, 0.2) is 24.3 Å². The molecule has 1 atom stereocenters. The van der Waals surface area contributed by atoms with Crippen LogP contribution in [-0.4, -0.2) is 29.1 Å².